The van der Waals surface area contributed by atoms with Gasteiger partial charge in [-0.3, -0.25) is 9.48 Å². The zero-order valence-electron chi connectivity index (χ0n) is 10.5. The highest BCUT2D eigenvalue weighted by Crippen LogP contribution is 2.31. The minimum Gasteiger partial charge on any atom is -0.480 e. The minimum absolute atomic E-state index is 0.343. The second kappa shape index (κ2) is 4.99. The van der Waals surface area contributed by atoms with Gasteiger partial charge in [0, 0.05) is 0 Å². The van der Waals surface area contributed by atoms with Crippen molar-refractivity contribution >= 4 is 5.97 Å². The van der Waals surface area contributed by atoms with Crippen molar-refractivity contribution in [3.05, 3.63) is 41.6 Å². The molecule has 0 aliphatic carbocycles. The van der Waals surface area contributed by atoms with Gasteiger partial charge in [0.25, 0.3) is 0 Å². The summed E-state index contributed by atoms with van der Waals surface area (Å²) in [7, 11) is 0. The molecule has 0 radical (unpaired) electrons. The lowest BCUT2D eigenvalue weighted by Crippen LogP contribution is -2.11. The van der Waals surface area contributed by atoms with Crippen molar-refractivity contribution < 1.29 is 23.1 Å². The predicted molar refractivity (Wildman–Crippen MR) is 65.0 cm³/mol. The third kappa shape index (κ3) is 2.98. The molecule has 1 N–H and O–H groups in total. The lowest BCUT2D eigenvalue weighted by molar-refractivity contribution is -0.138. The van der Waals surface area contributed by atoms with Crippen LogP contribution in [0.15, 0.2) is 30.3 Å². The number of aliphatic carboxylic acids is 1. The summed E-state index contributed by atoms with van der Waals surface area (Å²) in [5, 5.41) is 12.8. The molecule has 4 nitrogen and oxygen atoms in total. The second-order valence-electron chi connectivity index (χ2n) is 4.30. The van der Waals surface area contributed by atoms with E-state index in [1.54, 1.807) is 13.0 Å². The Hall–Kier alpha value is -2.31. The molecule has 106 valence electrons. The number of halogens is 3. The number of aryl methyl sites for hydroxylation is 1. The summed E-state index contributed by atoms with van der Waals surface area (Å²) in [6.07, 6.45) is -4.39. The highest BCUT2D eigenvalue weighted by atomic mass is 19.4. The summed E-state index contributed by atoms with van der Waals surface area (Å²) in [6.45, 7) is 1.34. The van der Waals surface area contributed by atoms with Crippen molar-refractivity contribution in [3.8, 4) is 11.3 Å². The fourth-order valence-corrected chi connectivity index (χ4v) is 1.86. The van der Waals surface area contributed by atoms with Crippen LogP contribution < -0.4 is 0 Å². The number of benzene rings is 1. The summed E-state index contributed by atoms with van der Waals surface area (Å²) in [4.78, 5) is 10.7. The van der Waals surface area contributed by atoms with E-state index in [9.17, 15) is 18.0 Å². The summed E-state index contributed by atoms with van der Waals surface area (Å²) in [6, 6.07) is 6.16. The molecule has 1 aromatic heterocycles. The molecule has 0 unspecified atom stereocenters. The number of nitrogens with zero attached hydrogens (tertiary/aromatic N) is 2. The molecule has 0 saturated carbocycles. The Labute approximate surface area is 112 Å². The Balaban J connectivity index is 2.39. The van der Waals surface area contributed by atoms with E-state index in [1.807, 2.05) is 0 Å². The summed E-state index contributed by atoms with van der Waals surface area (Å²) in [5.74, 6) is -1.07. The Morgan fingerprint density at radius 3 is 2.40 bits per heavy atom. The first-order chi connectivity index (χ1) is 9.27. The van der Waals surface area contributed by atoms with E-state index in [1.165, 1.54) is 16.8 Å². The normalized spacial score (nSPS) is 11.6. The number of rotatable bonds is 3. The standard InChI is InChI=1S/C13H11F3N2O2/c1-8-6-11(18(17-8)7-12(19)20)9-2-4-10(5-3-9)13(14,15)16/h2-6H,7H2,1H3,(H,19,20). The maximum atomic E-state index is 12.5. The Bertz CT molecular complexity index is 630. The van der Waals surface area contributed by atoms with Crippen LogP contribution in [0.1, 0.15) is 11.3 Å². The van der Waals surface area contributed by atoms with Gasteiger partial charge in [-0.05, 0) is 30.7 Å². The van der Waals surface area contributed by atoms with E-state index in [-0.39, 0.29) is 6.54 Å². The van der Waals surface area contributed by atoms with E-state index in [2.05, 4.69) is 5.10 Å². The van der Waals surface area contributed by atoms with Gasteiger partial charge >= 0.3 is 12.1 Å². The van der Waals surface area contributed by atoms with Crippen LogP contribution in [0, 0.1) is 6.92 Å². The number of aromatic nitrogens is 2. The van der Waals surface area contributed by atoms with Crippen molar-refractivity contribution in [2.75, 3.05) is 0 Å². The van der Waals surface area contributed by atoms with Gasteiger partial charge < -0.3 is 5.11 Å². The van der Waals surface area contributed by atoms with Gasteiger partial charge in [-0.1, -0.05) is 12.1 Å². The fourth-order valence-electron chi connectivity index (χ4n) is 1.86. The average molecular weight is 284 g/mol. The summed E-state index contributed by atoms with van der Waals surface area (Å²) >= 11 is 0. The van der Waals surface area contributed by atoms with Crippen LogP contribution in [0.25, 0.3) is 11.3 Å². The first kappa shape index (κ1) is 14.1. The van der Waals surface area contributed by atoms with E-state index >= 15 is 0 Å². The average Bonchev–Trinajstić information content (AvgIpc) is 2.68. The predicted octanol–water partition coefficient (Wildman–Crippen LogP) is 2.96. The number of hydrogen-bond acceptors (Lipinski definition) is 2. The van der Waals surface area contributed by atoms with Crippen molar-refractivity contribution in [3.63, 3.8) is 0 Å². The van der Waals surface area contributed by atoms with E-state index in [0.29, 0.717) is 17.0 Å². The molecule has 1 heterocycles. The van der Waals surface area contributed by atoms with Gasteiger partial charge in [0.05, 0.1) is 17.0 Å². The number of carboxylic acids is 1. The molecule has 7 heteroatoms. The number of alkyl halides is 3. The lowest BCUT2D eigenvalue weighted by atomic mass is 10.1. The zero-order chi connectivity index (χ0) is 14.9. The largest absolute Gasteiger partial charge is 0.480 e. The van der Waals surface area contributed by atoms with E-state index < -0.39 is 17.7 Å². The molecule has 0 fully saturated rings. The molecule has 0 aliphatic heterocycles. The molecule has 0 atom stereocenters. The van der Waals surface area contributed by atoms with Crippen molar-refractivity contribution in [1.82, 2.24) is 9.78 Å². The molecule has 0 saturated heterocycles. The monoisotopic (exact) mass is 284 g/mol. The van der Waals surface area contributed by atoms with Crippen LogP contribution in [-0.2, 0) is 17.5 Å². The quantitative estimate of drug-likeness (QED) is 0.942. The van der Waals surface area contributed by atoms with Gasteiger partial charge in [0.2, 0.25) is 0 Å². The third-order valence-corrected chi connectivity index (χ3v) is 2.70. The van der Waals surface area contributed by atoms with Crippen LogP contribution >= 0.6 is 0 Å². The molecule has 1 aromatic carbocycles. The van der Waals surface area contributed by atoms with Gasteiger partial charge in [0.1, 0.15) is 6.54 Å². The summed E-state index contributed by atoms with van der Waals surface area (Å²) < 4.78 is 38.7. The third-order valence-electron chi connectivity index (χ3n) is 2.70. The molecule has 2 aromatic rings. The van der Waals surface area contributed by atoms with Gasteiger partial charge in [-0.2, -0.15) is 18.3 Å². The highest BCUT2D eigenvalue weighted by molar-refractivity contribution is 5.69. The SMILES string of the molecule is Cc1cc(-c2ccc(C(F)(F)F)cc2)n(CC(=O)O)n1. The van der Waals surface area contributed by atoms with Crippen LogP contribution in [0.2, 0.25) is 0 Å². The molecule has 2 rings (SSSR count). The van der Waals surface area contributed by atoms with E-state index in [4.69, 9.17) is 5.11 Å². The fraction of sp³-hybridized carbons (Fsp3) is 0.231. The van der Waals surface area contributed by atoms with Gasteiger partial charge in [0.15, 0.2) is 0 Å². The molecule has 0 bridgehead atoms. The lowest BCUT2D eigenvalue weighted by Gasteiger charge is -2.08. The Morgan fingerprint density at radius 1 is 1.30 bits per heavy atom. The molecular formula is C13H11F3N2O2. The van der Waals surface area contributed by atoms with Crippen LogP contribution in [-0.4, -0.2) is 20.9 Å². The number of carboxylic acid groups (broad SMARTS) is 1. The smallest absolute Gasteiger partial charge is 0.416 e. The number of carbonyl (C=O) groups is 1. The molecule has 0 spiro atoms. The maximum absolute atomic E-state index is 12.5. The van der Waals surface area contributed by atoms with Crippen molar-refractivity contribution in [1.29, 1.82) is 0 Å². The number of hydrogen-bond donors (Lipinski definition) is 1. The van der Waals surface area contributed by atoms with Gasteiger partial charge in [-0.15, -0.1) is 0 Å². The molecular weight excluding hydrogens is 273 g/mol. The van der Waals surface area contributed by atoms with E-state index in [0.717, 1.165) is 12.1 Å². The first-order valence-corrected chi connectivity index (χ1v) is 5.71. The molecule has 20 heavy (non-hydrogen) atoms. The van der Waals surface area contributed by atoms with Gasteiger partial charge in [-0.25, -0.2) is 0 Å². The van der Waals surface area contributed by atoms with Crippen LogP contribution in [0.5, 0.6) is 0 Å². The zero-order valence-corrected chi connectivity index (χ0v) is 10.5. The van der Waals surface area contributed by atoms with Crippen molar-refractivity contribution in [2.45, 2.75) is 19.6 Å². The first-order valence-electron chi connectivity index (χ1n) is 5.71. The van der Waals surface area contributed by atoms with Crippen molar-refractivity contribution in [2.24, 2.45) is 0 Å². The second-order valence-corrected chi connectivity index (χ2v) is 4.30. The molecule has 0 amide bonds. The minimum atomic E-state index is -4.39. The Morgan fingerprint density at radius 2 is 1.90 bits per heavy atom. The maximum Gasteiger partial charge on any atom is 0.416 e. The van der Waals surface area contributed by atoms with Crippen LogP contribution in [0.3, 0.4) is 0 Å². The molecule has 0 aliphatic rings. The summed E-state index contributed by atoms with van der Waals surface area (Å²) in [5.41, 5.74) is 0.807. The van der Waals surface area contributed by atoms with Crippen LogP contribution in [0.4, 0.5) is 13.2 Å². The topological polar surface area (TPSA) is 55.1 Å². The highest BCUT2D eigenvalue weighted by Gasteiger charge is 2.30. The Kier molecular flexibility index (Phi) is 3.52.